The van der Waals surface area contributed by atoms with Gasteiger partial charge in [0.2, 0.25) is 0 Å². The summed E-state index contributed by atoms with van der Waals surface area (Å²) in [6.45, 7) is 4.36. The maximum absolute atomic E-state index is 12.3. The van der Waals surface area contributed by atoms with Crippen molar-refractivity contribution in [2.75, 3.05) is 0 Å². The van der Waals surface area contributed by atoms with Crippen LogP contribution in [-0.2, 0) is 6.54 Å². The summed E-state index contributed by atoms with van der Waals surface area (Å²) in [4.78, 5) is 27.9. The van der Waals surface area contributed by atoms with Crippen LogP contribution in [-0.4, -0.2) is 27.2 Å². The molecule has 116 valence electrons. The van der Waals surface area contributed by atoms with Crippen LogP contribution < -0.4 is 5.32 Å². The molecule has 22 heavy (non-hydrogen) atoms. The highest BCUT2D eigenvalue weighted by molar-refractivity contribution is 8.00. The van der Waals surface area contributed by atoms with E-state index in [0.717, 1.165) is 4.90 Å². The average Bonchev–Trinajstić information content (AvgIpc) is 2.94. The number of thiazole rings is 1. The first-order valence-corrected chi connectivity index (χ1v) is 8.45. The van der Waals surface area contributed by atoms with Crippen molar-refractivity contribution in [2.24, 2.45) is 0 Å². The Morgan fingerprint density at radius 3 is 2.73 bits per heavy atom. The zero-order chi connectivity index (χ0) is 16.1. The molecule has 0 aliphatic rings. The van der Waals surface area contributed by atoms with Gasteiger partial charge in [-0.15, -0.1) is 23.1 Å². The van der Waals surface area contributed by atoms with Gasteiger partial charge in [0.25, 0.3) is 5.91 Å². The molecule has 2 rings (SSSR count). The molecule has 1 aromatic heterocycles. The van der Waals surface area contributed by atoms with Crippen LogP contribution in [0, 0.1) is 0 Å². The lowest BCUT2D eigenvalue weighted by Gasteiger charge is -2.10. The standard InChI is InChI=1S/C15H16N2O3S2/c1-9(2)22-12-6-4-3-5-10(12)14(18)16-7-13-17-11(8-21-13)15(19)20/h3-6,8-9H,7H2,1-2H3,(H,16,18)(H,19,20). The van der Waals surface area contributed by atoms with Crippen LogP contribution in [0.5, 0.6) is 0 Å². The maximum atomic E-state index is 12.3. The normalized spacial score (nSPS) is 10.7. The number of hydrogen-bond donors (Lipinski definition) is 2. The van der Waals surface area contributed by atoms with Crippen LogP contribution in [0.15, 0.2) is 34.5 Å². The Hall–Kier alpha value is -1.86. The Labute approximate surface area is 136 Å². The van der Waals surface area contributed by atoms with Gasteiger partial charge in [0, 0.05) is 15.5 Å². The van der Waals surface area contributed by atoms with E-state index >= 15 is 0 Å². The predicted molar refractivity (Wildman–Crippen MR) is 87.7 cm³/mol. The van der Waals surface area contributed by atoms with E-state index in [4.69, 9.17) is 5.11 Å². The first kappa shape index (κ1) is 16.5. The Kier molecular flexibility index (Phi) is 5.57. The molecular formula is C15H16N2O3S2. The molecule has 7 heteroatoms. The zero-order valence-corrected chi connectivity index (χ0v) is 13.8. The second kappa shape index (κ2) is 7.42. The van der Waals surface area contributed by atoms with Crippen LogP contribution in [0.2, 0.25) is 0 Å². The SMILES string of the molecule is CC(C)Sc1ccccc1C(=O)NCc1nc(C(=O)O)cs1. The molecule has 0 atom stereocenters. The minimum atomic E-state index is -1.06. The highest BCUT2D eigenvalue weighted by Crippen LogP contribution is 2.26. The van der Waals surface area contributed by atoms with Crippen LogP contribution in [0.4, 0.5) is 0 Å². The number of rotatable bonds is 6. The van der Waals surface area contributed by atoms with E-state index in [1.807, 2.05) is 18.2 Å². The number of nitrogens with zero attached hydrogens (tertiary/aromatic N) is 1. The number of aromatic carboxylic acids is 1. The Morgan fingerprint density at radius 2 is 2.09 bits per heavy atom. The molecule has 0 bridgehead atoms. The van der Waals surface area contributed by atoms with Gasteiger partial charge in [-0.2, -0.15) is 0 Å². The summed E-state index contributed by atoms with van der Waals surface area (Å²) < 4.78 is 0. The molecule has 0 fully saturated rings. The molecule has 5 nitrogen and oxygen atoms in total. The average molecular weight is 336 g/mol. The third-order valence-electron chi connectivity index (χ3n) is 2.67. The second-order valence-corrected chi connectivity index (χ2v) is 7.34. The molecule has 2 aromatic rings. The third kappa shape index (κ3) is 4.32. The highest BCUT2D eigenvalue weighted by atomic mass is 32.2. The second-order valence-electron chi connectivity index (χ2n) is 4.78. The van der Waals surface area contributed by atoms with Gasteiger partial charge in [-0.1, -0.05) is 26.0 Å². The van der Waals surface area contributed by atoms with Crippen molar-refractivity contribution in [3.63, 3.8) is 0 Å². The minimum Gasteiger partial charge on any atom is -0.476 e. The number of benzene rings is 1. The van der Waals surface area contributed by atoms with E-state index in [1.165, 1.54) is 16.7 Å². The van der Waals surface area contributed by atoms with E-state index < -0.39 is 5.97 Å². The number of nitrogens with one attached hydrogen (secondary N) is 1. The third-order valence-corrected chi connectivity index (χ3v) is 4.60. The van der Waals surface area contributed by atoms with Crippen molar-refractivity contribution in [3.05, 3.63) is 45.9 Å². The molecule has 0 saturated heterocycles. The lowest BCUT2D eigenvalue weighted by molar-refractivity contribution is 0.0691. The van der Waals surface area contributed by atoms with Crippen molar-refractivity contribution >= 4 is 35.0 Å². The molecular weight excluding hydrogens is 320 g/mol. The van der Waals surface area contributed by atoms with E-state index in [9.17, 15) is 9.59 Å². The van der Waals surface area contributed by atoms with Gasteiger partial charge in [0.1, 0.15) is 5.01 Å². The minimum absolute atomic E-state index is 0.00464. The number of amides is 1. The molecule has 1 aromatic carbocycles. The van der Waals surface area contributed by atoms with Gasteiger partial charge in [0.05, 0.1) is 12.1 Å². The summed E-state index contributed by atoms with van der Waals surface area (Å²) in [7, 11) is 0. The quantitative estimate of drug-likeness (QED) is 0.792. The number of carbonyl (C=O) groups is 2. The van der Waals surface area contributed by atoms with E-state index in [-0.39, 0.29) is 18.1 Å². The number of aromatic nitrogens is 1. The highest BCUT2D eigenvalue weighted by Gasteiger charge is 2.14. The van der Waals surface area contributed by atoms with E-state index in [1.54, 1.807) is 17.8 Å². The van der Waals surface area contributed by atoms with Crippen LogP contribution >= 0.6 is 23.1 Å². The van der Waals surface area contributed by atoms with Crippen molar-refractivity contribution in [2.45, 2.75) is 30.5 Å². The number of carboxylic acid groups (broad SMARTS) is 1. The smallest absolute Gasteiger partial charge is 0.355 e. The molecule has 0 radical (unpaired) electrons. The van der Waals surface area contributed by atoms with Gasteiger partial charge < -0.3 is 10.4 Å². The Bertz CT molecular complexity index is 683. The predicted octanol–water partition coefficient (Wildman–Crippen LogP) is 3.27. The zero-order valence-electron chi connectivity index (χ0n) is 12.2. The summed E-state index contributed by atoms with van der Waals surface area (Å²) in [6, 6.07) is 7.43. The lowest BCUT2D eigenvalue weighted by atomic mass is 10.2. The number of carbonyl (C=O) groups excluding carboxylic acids is 1. The van der Waals surface area contributed by atoms with Crippen molar-refractivity contribution in [3.8, 4) is 0 Å². The molecule has 1 heterocycles. The van der Waals surface area contributed by atoms with Crippen LogP contribution in [0.25, 0.3) is 0 Å². The topological polar surface area (TPSA) is 79.3 Å². The summed E-state index contributed by atoms with van der Waals surface area (Å²) in [5.74, 6) is -1.25. The van der Waals surface area contributed by atoms with Gasteiger partial charge in [-0.25, -0.2) is 9.78 Å². The molecule has 0 spiro atoms. The van der Waals surface area contributed by atoms with Crippen molar-refractivity contribution < 1.29 is 14.7 Å². The van der Waals surface area contributed by atoms with Gasteiger partial charge in [-0.3, -0.25) is 4.79 Å². The summed E-state index contributed by atoms with van der Waals surface area (Å²) in [5, 5.41) is 14.0. The largest absolute Gasteiger partial charge is 0.476 e. The number of thioether (sulfide) groups is 1. The molecule has 0 aliphatic carbocycles. The fraction of sp³-hybridized carbons (Fsp3) is 0.267. The van der Waals surface area contributed by atoms with E-state index in [2.05, 4.69) is 24.1 Å². The Morgan fingerprint density at radius 1 is 1.36 bits per heavy atom. The molecule has 0 unspecified atom stereocenters. The first-order chi connectivity index (χ1) is 10.5. The molecule has 0 aliphatic heterocycles. The summed E-state index contributed by atoms with van der Waals surface area (Å²) in [5.41, 5.74) is 0.626. The maximum Gasteiger partial charge on any atom is 0.355 e. The number of carboxylic acids is 1. The monoisotopic (exact) mass is 336 g/mol. The van der Waals surface area contributed by atoms with Crippen molar-refractivity contribution in [1.82, 2.24) is 10.3 Å². The van der Waals surface area contributed by atoms with Gasteiger partial charge >= 0.3 is 5.97 Å². The van der Waals surface area contributed by atoms with Crippen LogP contribution in [0.3, 0.4) is 0 Å². The fourth-order valence-corrected chi connectivity index (χ4v) is 3.41. The summed E-state index contributed by atoms with van der Waals surface area (Å²) in [6.07, 6.45) is 0. The molecule has 1 amide bonds. The van der Waals surface area contributed by atoms with Gasteiger partial charge in [-0.05, 0) is 12.1 Å². The Balaban J connectivity index is 2.04. The summed E-state index contributed by atoms with van der Waals surface area (Å²) >= 11 is 2.85. The lowest BCUT2D eigenvalue weighted by Crippen LogP contribution is -2.23. The fourth-order valence-electron chi connectivity index (χ4n) is 1.75. The van der Waals surface area contributed by atoms with Crippen molar-refractivity contribution in [1.29, 1.82) is 0 Å². The first-order valence-electron chi connectivity index (χ1n) is 6.69. The molecule has 2 N–H and O–H groups in total. The van der Waals surface area contributed by atoms with E-state index in [0.29, 0.717) is 15.8 Å². The van der Waals surface area contributed by atoms with Gasteiger partial charge in [0.15, 0.2) is 5.69 Å². The molecule has 0 saturated carbocycles. The number of hydrogen-bond acceptors (Lipinski definition) is 5. The van der Waals surface area contributed by atoms with Crippen LogP contribution in [0.1, 0.15) is 39.7 Å².